The van der Waals surface area contributed by atoms with Gasteiger partial charge in [0, 0.05) is 25.1 Å². The van der Waals surface area contributed by atoms with Crippen molar-refractivity contribution in [2.75, 3.05) is 72.6 Å². The summed E-state index contributed by atoms with van der Waals surface area (Å²) in [4.78, 5) is 2.53. The molecule has 496 valence electrons. The summed E-state index contributed by atoms with van der Waals surface area (Å²) in [5.74, 6) is 8.27. The van der Waals surface area contributed by atoms with Crippen LogP contribution in [0.2, 0.25) is 0 Å². The van der Waals surface area contributed by atoms with Crippen molar-refractivity contribution >= 4 is 0 Å². The van der Waals surface area contributed by atoms with Crippen molar-refractivity contribution < 1.29 is 28.4 Å². The van der Waals surface area contributed by atoms with Gasteiger partial charge in [-0.25, -0.2) is 0 Å². The van der Waals surface area contributed by atoms with Gasteiger partial charge in [-0.1, -0.05) is 259 Å². The molecule has 0 bridgehead atoms. The van der Waals surface area contributed by atoms with E-state index in [2.05, 4.69) is 126 Å². The van der Waals surface area contributed by atoms with Crippen LogP contribution in [0.5, 0.6) is 0 Å². The molecule has 80 heavy (non-hydrogen) atoms. The molecular formula is C71H161N3O6. The van der Waals surface area contributed by atoms with Gasteiger partial charge in [-0.05, 0) is 125 Å². The van der Waals surface area contributed by atoms with Crippen LogP contribution in [0.3, 0.4) is 0 Å². The zero-order valence-electron chi connectivity index (χ0n) is 61.5. The van der Waals surface area contributed by atoms with Gasteiger partial charge in [0.1, 0.15) is 13.0 Å². The van der Waals surface area contributed by atoms with E-state index in [-0.39, 0.29) is 6.29 Å². The average Bonchev–Trinajstić information content (AvgIpc) is 4.34. The Bertz CT molecular complexity index is 756. The van der Waals surface area contributed by atoms with Gasteiger partial charge in [-0.15, -0.1) is 0 Å². The zero-order valence-corrected chi connectivity index (χ0v) is 61.5. The molecule has 8 fully saturated rings. The maximum atomic E-state index is 5.41. The molecule has 2 saturated carbocycles. The van der Waals surface area contributed by atoms with E-state index >= 15 is 0 Å². The average molecular weight is 1150 g/mol. The minimum absolute atomic E-state index is 0.0648. The van der Waals surface area contributed by atoms with E-state index < -0.39 is 0 Å². The van der Waals surface area contributed by atoms with Gasteiger partial charge in [-0.3, -0.25) is 5.32 Å². The lowest BCUT2D eigenvalue weighted by atomic mass is 9.95. The lowest BCUT2D eigenvalue weighted by Gasteiger charge is -2.18. The van der Waals surface area contributed by atoms with Crippen LogP contribution in [-0.2, 0) is 28.4 Å². The van der Waals surface area contributed by atoms with Crippen molar-refractivity contribution in [3.05, 3.63) is 0 Å². The predicted molar refractivity (Wildman–Crippen MR) is 364 cm³/mol. The SMILES string of the molecule is CC.CC.CC.CC.CC.CC.CC.CC.CC(C)C1CCCC1.CC(C)C1CCCC1.CC(C)C1CCCO1.CC(C)C1CCNC1.CC(C)C1COCO1.CC(C)C1NCCO1.CC(C)C1OCCO1.CC(C)N1CCCC1. The summed E-state index contributed by atoms with van der Waals surface area (Å²) < 4.78 is 31.3. The van der Waals surface area contributed by atoms with Gasteiger partial charge < -0.3 is 38.6 Å². The highest BCUT2D eigenvalue weighted by Gasteiger charge is 2.22. The van der Waals surface area contributed by atoms with Crippen molar-refractivity contribution in [3.63, 3.8) is 0 Å². The van der Waals surface area contributed by atoms with E-state index in [4.69, 9.17) is 28.4 Å². The highest BCUT2D eigenvalue weighted by molar-refractivity contribution is 4.74. The number of hydrogen-bond acceptors (Lipinski definition) is 9. The first-order valence-corrected chi connectivity index (χ1v) is 35.3. The van der Waals surface area contributed by atoms with E-state index in [1.807, 2.05) is 111 Å². The molecule has 2 N–H and O–H groups in total. The molecule has 8 rings (SSSR count). The van der Waals surface area contributed by atoms with Gasteiger partial charge in [0.15, 0.2) is 6.29 Å². The molecule has 4 unspecified atom stereocenters. The first-order chi connectivity index (χ1) is 38.4. The number of likely N-dealkylation sites (tertiary alicyclic amines) is 1. The zero-order chi connectivity index (χ0) is 63.9. The van der Waals surface area contributed by atoms with E-state index in [1.54, 1.807) is 0 Å². The van der Waals surface area contributed by atoms with Crippen molar-refractivity contribution in [3.8, 4) is 0 Å². The summed E-state index contributed by atoms with van der Waals surface area (Å²) in [6.45, 7) is 78.6. The molecule has 2 aliphatic carbocycles. The van der Waals surface area contributed by atoms with Crippen molar-refractivity contribution in [1.82, 2.24) is 15.5 Å². The topological polar surface area (TPSA) is 82.7 Å². The second kappa shape index (κ2) is 74.7. The molecule has 0 aromatic heterocycles. The van der Waals surface area contributed by atoms with Gasteiger partial charge >= 0.3 is 0 Å². The van der Waals surface area contributed by atoms with E-state index in [0.29, 0.717) is 43.0 Å². The number of ether oxygens (including phenoxy) is 6. The third kappa shape index (κ3) is 59.4. The largest absolute Gasteiger partial charge is 0.378 e. The first-order valence-electron chi connectivity index (χ1n) is 35.3. The smallest absolute Gasteiger partial charge is 0.160 e. The maximum Gasteiger partial charge on any atom is 0.160 e. The summed E-state index contributed by atoms with van der Waals surface area (Å²) >= 11 is 0. The second-order valence-electron chi connectivity index (χ2n) is 22.5. The Kier molecular flexibility index (Phi) is 89.7. The van der Waals surface area contributed by atoms with Crippen LogP contribution in [0, 0.1) is 59.2 Å². The van der Waals surface area contributed by atoms with Gasteiger partial charge in [0.2, 0.25) is 0 Å². The molecule has 9 nitrogen and oxygen atoms in total. The monoisotopic (exact) mass is 1150 g/mol. The lowest BCUT2D eigenvalue weighted by molar-refractivity contribution is -0.0732. The number of rotatable bonds is 8. The molecule has 0 aromatic carbocycles. The van der Waals surface area contributed by atoms with Gasteiger partial charge in [-0.2, -0.15) is 0 Å². The minimum atomic E-state index is 0.0648. The fraction of sp³-hybridized carbons (Fsp3) is 1.00. The fourth-order valence-electron chi connectivity index (χ4n) is 9.25. The number of nitrogens with one attached hydrogen (secondary N) is 2. The van der Waals surface area contributed by atoms with Crippen LogP contribution >= 0.6 is 0 Å². The Morgan fingerprint density at radius 1 is 0.350 bits per heavy atom. The Hall–Kier alpha value is -0.360. The standard InChI is InChI=1S/2C8H16.2C7H15N.C7H14O.C6H13NO.2C6H12O2.8C2H6/c2*1-7(2)8-5-3-4-6-8;1-6(2)7-3-4-8-5-7;1-7(2)8-5-3-4-6-8;1-6(2)7-4-3-5-8-7;1-5(2)6-7-3-4-8-6;1-5(2)6-3-7-4-8-6;1-5(2)6-7-3-4-8-6;8*1-2/h2*7-8H,3-6H2,1-2H3;6-8H,3-5H2,1-2H3;7H,3-6H2,1-2H3;6-7H,3-5H2,1-2H3;5-7H,3-4H2,1-2H3;2*5-6H,3-4H2,1-2H3;8*1-2H3. The summed E-state index contributed by atoms with van der Waals surface area (Å²) in [5, 5.41) is 6.59. The van der Waals surface area contributed by atoms with Crippen LogP contribution in [0.1, 0.15) is 305 Å². The molecule has 8 aliphatic rings. The molecule has 0 radical (unpaired) electrons. The molecule has 6 saturated heterocycles. The van der Waals surface area contributed by atoms with Crippen LogP contribution in [0.25, 0.3) is 0 Å². The Labute approximate surface area is 509 Å². The summed E-state index contributed by atoms with van der Waals surface area (Å²) in [6.07, 6.45) is 20.0. The van der Waals surface area contributed by atoms with Gasteiger partial charge in [0.05, 0.1) is 38.6 Å². The Morgan fingerprint density at radius 2 is 0.775 bits per heavy atom. The fourth-order valence-corrected chi connectivity index (χ4v) is 9.25. The normalized spacial score (nSPS) is 21.6. The predicted octanol–water partition coefficient (Wildman–Crippen LogP) is 21.1. The maximum absolute atomic E-state index is 5.41. The highest BCUT2D eigenvalue weighted by atomic mass is 16.7. The Balaban J connectivity index is -0.000000119. The highest BCUT2D eigenvalue weighted by Crippen LogP contribution is 2.31. The van der Waals surface area contributed by atoms with Crippen molar-refractivity contribution in [2.45, 2.75) is 336 Å². The third-order valence-corrected chi connectivity index (χ3v) is 14.2. The number of nitrogens with zero attached hydrogens (tertiary/aromatic N) is 1. The molecule has 0 spiro atoms. The third-order valence-electron chi connectivity index (χ3n) is 14.2. The van der Waals surface area contributed by atoms with Crippen LogP contribution in [0.4, 0.5) is 0 Å². The van der Waals surface area contributed by atoms with Crippen LogP contribution < -0.4 is 10.6 Å². The van der Waals surface area contributed by atoms with Crippen molar-refractivity contribution in [1.29, 1.82) is 0 Å². The summed E-state index contributed by atoms with van der Waals surface area (Å²) in [6, 6.07) is 0.775. The molecule has 4 atom stereocenters. The lowest BCUT2D eigenvalue weighted by Crippen LogP contribution is -2.27. The van der Waals surface area contributed by atoms with Crippen LogP contribution in [-0.4, -0.2) is 108 Å². The van der Waals surface area contributed by atoms with E-state index in [0.717, 1.165) is 87.0 Å². The molecule has 9 heteroatoms. The summed E-state index contributed by atoms with van der Waals surface area (Å²) in [5.41, 5.74) is 0. The van der Waals surface area contributed by atoms with Crippen molar-refractivity contribution in [2.24, 2.45) is 59.2 Å². The molecule has 6 aliphatic heterocycles. The Morgan fingerprint density at radius 3 is 0.950 bits per heavy atom. The molecule has 6 heterocycles. The molecule has 0 aromatic rings. The molecular weight excluding hydrogens is 991 g/mol. The van der Waals surface area contributed by atoms with Crippen LogP contribution in [0.15, 0.2) is 0 Å². The quantitative estimate of drug-likeness (QED) is 0.247. The minimum Gasteiger partial charge on any atom is -0.378 e. The number of hydrogen-bond donors (Lipinski definition) is 2. The first kappa shape index (κ1) is 96.0. The van der Waals surface area contributed by atoms with Gasteiger partial charge in [0.25, 0.3) is 0 Å². The van der Waals surface area contributed by atoms with E-state index in [9.17, 15) is 0 Å². The van der Waals surface area contributed by atoms with E-state index in [1.165, 1.54) is 110 Å². The summed E-state index contributed by atoms with van der Waals surface area (Å²) in [7, 11) is 0. The molecule has 0 amide bonds. The second-order valence-corrected chi connectivity index (χ2v) is 22.5.